The minimum absolute atomic E-state index is 0.163. The average molecular weight is 526 g/mol. The number of hydrogen-bond acceptors (Lipinski definition) is 8. The van der Waals surface area contributed by atoms with Crippen molar-refractivity contribution in [1.82, 2.24) is 16.0 Å². The Morgan fingerprint density at radius 1 is 0.944 bits per heavy atom. The molecule has 5 atom stereocenters. The zero-order chi connectivity index (χ0) is 27.1. The summed E-state index contributed by atoms with van der Waals surface area (Å²) < 4.78 is 0. The lowest BCUT2D eigenvalue weighted by Crippen LogP contribution is -2.58. The zero-order valence-corrected chi connectivity index (χ0v) is 21.6. The molecule has 0 spiro atoms. The number of hydrogen-bond donors (Lipinski definition) is 7. The fourth-order valence-electron chi connectivity index (χ4n) is 3.39. The van der Waals surface area contributed by atoms with Crippen LogP contribution in [-0.4, -0.2) is 82.7 Å². The van der Waals surface area contributed by atoms with Gasteiger partial charge in [-0.2, -0.15) is 11.8 Å². The number of carboxylic acid groups (broad SMARTS) is 1. The quantitative estimate of drug-likeness (QED) is 0.129. The molecular weight excluding hydrogens is 486 g/mol. The van der Waals surface area contributed by atoms with Crippen LogP contribution in [0.25, 0.3) is 0 Å². The Morgan fingerprint density at radius 3 is 2.11 bits per heavy atom. The largest absolute Gasteiger partial charge is 0.480 e. The molecule has 1 aromatic carbocycles. The van der Waals surface area contributed by atoms with Crippen molar-refractivity contribution < 1.29 is 29.4 Å². The van der Waals surface area contributed by atoms with Gasteiger partial charge in [0.1, 0.15) is 12.1 Å². The molecule has 12 heteroatoms. The van der Waals surface area contributed by atoms with Crippen molar-refractivity contribution in [2.45, 2.75) is 69.3 Å². The van der Waals surface area contributed by atoms with E-state index in [-0.39, 0.29) is 12.8 Å². The van der Waals surface area contributed by atoms with Crippen LogP contribution in [-0.2, 0) is 25.6 Å². The fourth-order valence-corrected chi connectivity index (χ4v) is 3.88. The molecule has 11 nitrogen and oxygen atoms in total. The first-order valence-corrected chi connectivity index (χ1v) is 13.3. The van der Waals surface area contributed by atoms with Crippen LogP contribution in [0.2, 0.25) is 0 Å². The van der Waals surface area contributed by atoms with Crippen LogP contribution >= 0.6 is 11.8 Å². The van der Waals surface area contributed by atoms with E-state index in [1.54, 1.807) is 11.8 Å². The molecule has 0 aromatic heterocycles. The standard InChI is InChI=1S/C24H39N5O6S/c1-15(30)20(24(34)35)29-22(32)18(10-6-7-12-25)27-23(33)19(14-16-8-4-3-5-9-16)28-21(31)17(26)11-13-36-2/h3-5,8-9,15,17-20,30H,6-7,10-14,25-26H2,1-2H3,(H,27,33)(H,28,31)(H,29,32)(H,34,35). The predicted octanol–water partition coefficient (Wildman–Crippen LogP) is -0.642. The van der Waals surface area contributed by atoms with Crippen molar-refractivity contribution in [2.24, 2.45) is 11.5 Å². The van der Waals surface area contributed by atoms with E-state index in [9.17, 15) is 29.4 Å². The minimum Gasteiger partial charge on any atom is -0.480 e. The predicted molar refractivity (Wildman–Crippen MR) is 139 cm³/mol. The molecule has 202 valence electrons. The molecule has 0 aliphatic heterocycles. The zero-order valence-electron chi connectivity index (χ0n) is 20.8. The normalized spacial score (nSPS) is 15.1. The van der Waals surface area contributed by atoms with Crippen molar-refractivity contribution in [2.75, 3.05) is 18.6 Å². The van der Waals surface area contributed by atoms with Crippen LogP contribution in [0.15, 0.2) is 30.3 Å². The van der Waals surface area contributed by atoms with Crippen LogP contribution in [0.4, 0.5) is 0 Å². The van der Waals surface area contributed by atoms with Crippen molar-refractivity contribution in [3.8, 4) is 0 Å². The van der Waals surface area contributed by atoms with E-state index in [2.05, 4.69) is 16.0 Å². The highest BCUT2D eigenvalue weighted by molar-refractivity contribution is 7.98. The van der Waals surface area contributed by atoms with E-state index in [1.165, 1.54) is 6.92 Å². The molecule has 0 aliphatic carbocycles. The summed E-state index contributed by atoms with van der Waals surface area (Å²) in [5.41, 5.74) is 12.3. The highest BCUT2D eigenvalue weighted by atomic mass is 32.2. The number of carboxylic acids is 1. The number of aliphatic hydroxyl groups excluding tert-OH is 1. The number of thioether (sulfide) groups is 1. The third-order valence-corrected chi connectivity index (χ3v) is 6.16. The lowest BCUT2D eigenvalue weighted by atomic mass is 10.0. The van der Waals surface area contributed by atoms with Gasteiger partial charge < -0.3 is 37.6 Å². The molecule has 1 rings (SSSR count). The van der Waals surface area contributed by atoms with Crippen LogP contribution in [0, 0.1) is 0 Å². The van der Waals surface area contributed by atoms with Gasteiger partial charge in [-0.3, -0.25) is 14.4 Å². The van der Waals surface area contributed by atoms with Crippen LogP contribution in [0.5, 0.6) is 0 Å². The van der Waals surface area contributed by atoms with Gasteiger partial charge in [0, 0.05) is 6.42 Å². The van der Waals surface area contributed by atoms with Gasteiger partial charge in [-0.15, -0.1) is 0 Å². The summed E-state index contributed by atoms with van der Waals surface area (Å²) in [6, 6.07) is 4.62. The van der Waals surface area contributed by atoms with Gasteiger partial charge in [-0.05, 0) is 56.7 Å². The van der Waals surface area contributed by atoms with Crippen molar-refractivity contribution in [3.63, 3.8) is 0 Å². The smallest absolute Gasteiger partial charge is 0.328 e. The Kier molecular flexibility index (Phi) is 14.7. The Morgan fingerprint density at radius 2 is 1.56 bits per heavy atom. The maximum Gasteiger partial charge on any atom is 0.328 e. The lowest BCUT2D eigenvalue weighted by Gasteiger charge is -2.26. The summed E-state index contributed by atoms with van der Waals surface area (Å²) >= 11 is 1.55. The molecule has 0 saturated carbocycles. The van der Waals surface area contributed by atoms with Crippen molar-refractivity contribution >= 4 is 35.5 Å². The number of amides is 3. The van der Waals surface area contributed by atoms with Gasteiger partial charge in [0.25, 0.3) is 0 Å². The van der Waals surface area contributed by atoms with Gasteiger partial charge in [0.2, 0.25) is 17.7 Å². The monoisotopic (exact) mass is 525 g/mol. The van der Waals surface area contributed by atoms with Crippen molar-refractivity contribution in [3.05, 3.63) is 35.9 Å². The molecule has 0 saturated heterocycles. The van der Waals surface area contributed by atoms with Gasteiger partial charge in [-0.1, -0.05) is 30.3 Å². The molecule has 0 bridgehead atoms. The Hall–Kier alpha value is -2.67. The number of nitrogens with two attached hydrogens (primary N) is 2. The van der Waals surface area contributed by atoms with E-state index >= 15 is 0 Å². The fraction of sp³-hybridized carbons (Fsp3) is 0.583. The molecule has 5 unspecified atom stereocenters. The number of carbonyl (C=O) groups is 4. The molecule has 9 N–H and O–H groups in total. The number of unbranched alkanes of at least 4 members (excludes halogenated alkanes) is 1. The number of nitrogens with one attached hydrogen (secondary N) is 3. The molecule has 3 amide bonds. The summed E-state index contributed by atoms with van der Waals surface area (Å²) in [5, 5.41) is 26.6. The minimum atomic E-state index is -1.54. The van der Waals surface area contributed by atoms with Gasteiger partial charge in [0.15, 0.2) is 6.04 Å². The molecule has 0 radical (unpaired) electrons. The van der Waals surface area contributed by atoms with Crippen LogP contribution < -0.4 is 27.4 Å². The highest BCUT2D eigenvalue weighted by Crippen LogP contribution is 2.08. The second kappa shape index (κ2) is 16.9. The first-order chi connectivity index (χ1) is 17.1. The molecule has 0 heterocycles. The molecule has 0 fully saturated rings. The summed E-state index contributed by atoms with van der Waals surface area (Å²) in [7, 11) is 0. The van der Waals surface area contributed by atoms with E-state index in [0.29, 0.717) is 31.6 Å². The van der Waals surface area contributed by atoms with Gasteiger partial charge in [0.05, 0.1) is 12.1 Å². The summed E-state index contributed by atoms with van der Waals surface area (Å²) in [6.45, 7) is 1.63. The highest BCUT2D eigenvalue weighted by Gasteiger charge is 2.31. The lowest BCUT2D eigenvalue weighted by molar-refractivity contribution is -0.145. The van der Waals surface area contributed by atoms with E-state index in [4.69, 9.17) is 11.5 Å². The first kappa shape index (κ1) is 31.4. The van der Waals surface area contributed by atoms with Gasteiger partial charge >= 0.3 is 5.97 Å². The number of aliphatic hydroxyl groups is 1. The average Bonchev–Trinajstić information content (AvgIpc) is 2.84. The van der Waals surface area contributed by atoms with Gasteiger partial charge in [-0.25, -0.2) is 4.79 Å². The Balaban J connectivity index is 3.08. The van der Waals surface area contributed by atoms with E-state index < -0.39 is 54.0 Å². The second-order valence-electron chi connectivity index (χ2n) is 8.55. The van der Waals surface area contributed by atoms with E-state index in [0.717, 1.165) is 5.56 Å². The first-order valence-electron chi connectivity index (χ1n) is 11.9. The maximum absolute atomic E-state index is 13.3. The second-order valence-corrected chi connectivity index (χ2v) is 9.54. The van der Waals surface area contributed by atoms with Crippen molar-refractivity contribution in [1.29, 1.82) is 0 Å². The summed E-state index contributed by atoms with van der Waals surface area (Å²) in [5.74, 6) is -2.57. The summed E-state index contributed by atoms with van der Waals surface area (Å²) in [4.78, 5) is 50.2. The third-order valence-electron chi connectivity index (χ3n) is 5.51. The number of benzene rings is 1. The Labute approximate surface area is 216 Å². The SMILES string of the molecule is CSCCC(N)C(=O)NC(Cc1ccccc1)C(=O)NC(CCCCN)C(=O)NC(C(=O)O)C(C)O. The number of aliphatic carboxylic acids is 1. The third kappa shape index (κ3) is 11.4. The topological polar surface area (TPSA) is 197 Å². The number of rotatable bonds is 17. The molecule has 0 aliphatic rings. The molecular formula is C24H39N5O6S. The van der Waals surface area contributed by atoms with Crippen LogP contribution in [0.1, 0.15) is 38.2 Å². The summed E-state index contributed by atoms with van der Waals surface area (Å²) in [6.07, 6.45) is 2.44. The van der Waals surface area contributed by atoms with E-state index in [1.807, 2.05) is 36.6 Å². The Bertz CT molecular complexity index is 842. The maximum atomic E-state index is 13.3. The molecule has 36 heavy (non-hydrogen) atoms. The molecule has 1 aromatic rings. The van der Waals surface area contributed by atoms with Crippen LogP contribution in [0.3, 0.4) is 0 Å². The number of carbonyl (C=O) groups excluding carboxylic acids is 3.